The molecule has 1 heterocycles. The molecule has 7 heteroatoms. The first-order valence-corrected chi connectivity index (χ1v) is 6.84. The van der Waals surface area contributed by atoms with Gasteiger partial charge in [-0.05, 0) is 40.2 Å². The number of hydrogen-bond acceptors (Lipinski definition) is 3. The fourth-order valence-electron chi connectivity index (χ4n) is 2.07. The van der Waals surface area contributed by atoms with Crippen molar-refractivity contribution in [1.29, 1.82) is 0 Å². The first-order valence-electron chi connectivity index (χ1n) is 6.05. The molecule has 0 radical (unpaired) electrons. The van der Waals surface area contributed by atoms with E-state index in [1.807, 2.05) is 0 Å². The molecule has 0 aliphatic carbocycles. The molecule has 3 aromatic rings. The van der Waals surface area contributed by atoms with E-state index >= 15 is 0 Å². The molecule has 0 fully saturated rings. The number of carbonyl (C=O) groups is 1. The Hall–Kier alpha value is -2.25. The second kappa shape index (κ2) is 5.27. The summed E-state index contributed by atoms with van der Waals surface area (Å²) >= 11 is 3.35. The van der Waals surface area contributed by atoms with Crippen LogP contribution in [0.3, 0.4) is 0 Å². The number of nitrogens with zero attached hydrogens (tertiary/aromatic N) is 1. The minimum absolute atomic E-state index is 0.366. The molecule has 0 aliphatic rings. The number of amides is 1. The van der Waals surface area contributed by atoms with Crippen molar-refractivity contribution in [2.24, 2.45) is 5.84 Å². The van der Waals surface area contributed by atoms with E-state index in [1.165, 1.54) is 6.07 Å². The lowest BCUT2D eigenvalue weighted by atomic mass is 10.2. The second-order valence-corrected chi connectivity index (χ2v) is 5.25. The number of nitrogen functional groups attached to an aromatic ring is 1. The van der Waals surface area contributed by atoms with E-state index in [9.17, 15) is 9.18 Å². The molecule has 0 unspecified atom stereocenters. The highest BCUT2D eigenvalue weighted by atomic mass is 79.9. The number of H-pyrrole nitrogens is 1. The first kappa shape index (κ1) is 13.7. The average molecular weight is 349 g/mol. The number of aromatic nitrogens is 2. The molecule has 0 saturated carbocycles. The minimum Gasteiger partial charge on any atom is -0.338 e. The maximum atomic E-state index is 13.8. The van der Waals surface area contributed by atoms with Crippen molar-refractivity contribution in [2.75, 3.05) is 0 Å². The third kappa shape index (κ3) is 2.41. The van der Waals surface area contributed by atoms with Crippen molar-refractivity contribution in [3.05, 3.63) is 52.3 Å². The SMILES string of the molecule is NNC(=O)c1cc(Br)c2nc(-c3ccccc3F)[nH]c2c1. The summed E-state index contributed by atoms with van der Waals surface area (Å²) in [6.45, 7) is 0. The van der Waals surface area contributed by atoms with Gasteiger partial charge in [0.2, 0.25) is 0 Å². The molecule has 0 bridgehead atoms. The van der Waals surface area contributed by atoms with Crippen molar-refractivity contribution < 1.29 is 9.18 Å². The zero-order valence-electron chi connectivity index (χ0n) is 10.7. The van der Waals surface area contributed by atoms with Gasteiger partial charge >= 0.3 is 0 Å². The summed E-state index contributed by atoms with van der Waals surface area (Å²) in [5.74, 6) is 4.74. The van der Waals surface area contributed by atoms with Gasteiger partial charge in [0.25, 0.3) is 5.91 Å². The Morgan fingerprint density at radius 3 is 2.81 bits per heavy atom. The van der Waals surface area contributed by atoms with Crippen LogP contribution >= 0.6 is 15.9 Å². The summed E-state index contributed by atoms with van der Waals surface area (Å²) in [5, 5.41) is 0. The molecule has 21 heavy (non-hydrogen) atoms. The molecule has 2 aromatic carbocycles. The lowest BCUT2D eigenvalue weighted by molar-refractivity contribution is 0.0953. The fourth-order valence-corrected chi connectivity index (χ4v) is 2.62. The van der Waals surface area contributed by atoms with Gasteiger partial charge in [-0.15, -0.1) is 0 Å². The highest BCUT2D eigenvalue weighted by molar-refractivity contribution is 9.10. The lowest BCUT2D eigenvalue weighted by Crippen LogP contribution is -2.29. The van der Waals surface area contributed by atoms with Crippen molar-refractivity contribution >= 4 is 32.9 Å². The Morgan fingerprint density at radius 1 is 1.33 bits per heavy atom. The number of nitrogens with two attached hydrogens (primary N) is 1. The Labute approximate surface area is 127 Å². The van der Waals surface area contributed by atoms with E-state index in [0.717, 1.165) is 0 Å². The molecular formula is C14H10BrFN4O. The molecule has 1 amide bonds. The number of benzene rings is 2. The van der Waals surface area contributed by atoms with Crippen molar-refractivity contribution in [1.82, 2.24) is 15.4 Å². The van der Waals surface area contributed by atoms with Crippen molar-refractivity contribution in [3.63, 3.8) is 0 Å². The van der Waals surface area contributed by atoms with Crippen LogP contribution < -0.4 is 11.3 Å². The Balaban J connectivity index is 2.19. The molecule has 0 atom stereocenters. The van der Waals surface area contributed by atoms with E-state index in [-0.39, 0.29) is 5.82 Å². The highest BCUT2D eigenvalue weighted by Gasteiger charge is 2.14. The van der Waals surface area contributed by atoms with Gasteiger partial charge in [0, 0.05) is 10.0 Å². The van der Waals surface area contributed by atoms with Gasteiger partial charge in [0.05, 0.1) is 11.1 Å². The molecule has 106 valence electrons. The maximum absolute atomic E-state index is 13.8. The molecule has 4 N–H and O–H groups in total. The number of halogens is 2. The Morgan fingerprint density at radius 2 is 2.10 bits per heavy atom. The normalized spacial score (nSPS) is 10.8. The number of aromatic amines is 1. The quantitative estimate of drug-likeness (QED) is 0.378. The third-order valence-corrected chi connectivity index (χ3v) is 3.67. The van der Waals surface area contributed by atoms with Crippen LogP contribution in [0, 0.1) is 5.82 Å². The van der Waals surface area contributed by atoms with Gasteiger partial charge in [0.15, 0.2) is 0 Å². The Bertz CT molecular complexity index is 846. The number of hydrazine groups is 1. The molecule has 5 nitrogen and oxygen atoms in total. The predicted octanol–water partition coefficient (Wildman–Crippen LogP) is 2.74. The minimum atomic E-state index is -0.417. The number of carbonyl (C=O) groups excluding carboxylic acids is 1. The molecule has 0 spiro atoms. The van der Waals surface area contributed by atoms with Crippen LogP contribution in [0.15, 0.2) is 40.9 Å². The topological polar surface area (TPSA) is 83.8 Å². The Kier molecular flexibility index (Phi) is 3.44. The van der Waals surface area contributed by atoms with Crippen LogP contribution in [0.4, 0.5) is 4.39 Å². The summed E-state index contributed by atoms with van der Waals surface area (Å²) < 4.78 is 14.4. The number of imidazole rings is 1. The van der Waals surface area contributed by atoms with Gasteiger partial charge in [0.1, 0.15) is 17.2 Å². The number of nitrogens with one attached hydrogen (secondary N) is 2. The van der Waals surface area contributed by atoms with Crippen molar-refractivity contribution in [3.8, 4) is 11.4 Å². The van der Waals surface area contributed by atoms with E-state index in [4.69, 9.17) is 5.84 Å². The molecular weight excluding hydrogens is 339 g/mol. The molecule has 1 aromatic heterocycles. The van der Waals surface area contributed by atoms with E-state index in [2.05, 4.69) is 31.3 Å². The smallest absolute Gasteiger partial charge is 0.265 e. The van der Waals surface area contributed by atoms with E-state index in [0.29, 0.717) is 32.5 Å². The van der Waals surface area contributed by atoms with Crippen LogP contribution in [0.2, 0.25) is 0 Å². The lowest BCUT2D eigenvalue weighted by Gasteiger charge is -2.00. The number of hydrogen-bond donors (Lipinski definition) is 3. The first-order chi connectivity index (χ1) is 10.1. The van der Waals surface area contributed by atoms with Gasteiger partial charge in [-0.2, -0.15) is 0 Å². The zero-order valence-corrected chi connectivity index (χ0v) is 12.2. The van der Waals surface area contributed by atoms with E-state index < -0.39 is 5.91 Å². The average Bonchev–Trinajstić information content (AvgIpc) is 2.91. The van der Waals surface area contributed by atoms with Crippen LogP contribution in [-0.4, -0.2) is 15.9 Å². The second-order valence-electron chi connectivity index (χ2n) is 4.39. The number of fused-ring (bicyclic) bond motifs is 1. The fraction of sp³-hybridized carbons (Fsp3) is 0. The van der Waals surface area contributed by atoms with E-state index in [1.54, 1.807) is 30.3 Å². The van der Waals surface area contributed by atoms with Gasteiger partial charge in [-0.1, -0.05) is 12.1 Å². The molecule has 0 aliphatic heterocycles. The monoisotopic (exact) mass is 348 g/mol. The molecule has 0 saturated heterocycles. The summed E-state index contributed by atoms with van der Waals surface area (Å²) in [4.78, 5) is 19.0. The highest BCUT2D eigenvalue weighted by Crippen LogP contribution is 2.28. The summed E-state index contributed by atoms with van der Waals surface area (Å²) in [7, 11) is 0. The van der Waals surface area contributed by atoms with Crippen LogP contribution in [-0.2, 0) is 0 Å². The number of rotatable bonds is 2. The summed E-state index contributed by atoms with van der Waals surface area (Å²) in [6.07, 6.45) is 0. The largest absolute Gasteiger partial charge is 0.338 e. The summed E-state index contributed by atoms with van der Waals surface area (Å²) in [5.41, 5.74) is 4.03. The van der Waals surface area contributed by atoms with Crippen LogP contribution in [0.5, 0.6) is 0 Å². The van der Waals surface area contributed by atoms with Gasteiger partial charge < -0.3 is 4.98 Å². The van der Waals surface area contributed by atoms with Crippen molar-refractivity contribution in [2.45, 2.75) is 0 Å². The zero-order chi connectivity index (χ0) is 15.0. The van der Waals surface area contributed by atoms with Gasteiger partial charge in [-0.25, -0.2) is 15.2 Å². The van der Waals surface area contributed by atoms with Crippen LogP contribution in [0.1, 0.15) is 10.4 Å². The molecule has 3 rings (SSSR count). The third-order valence-electron chi connectivity index (χ3n) is 3.06. The summed E-state index contributed by atoms with van der Waals surface area (Å²) in [6, 6.07) is 9.56. The standard InChI is InChI=1S/C14H10BrFN4O/c15-9-5-7(14(21)20-17)6-11-12(9)19-13(18-11)8-3-1-2-4-10(8)16/h1-6H,17H2,(H,18,19)(H,20,21). The maximum Gasteiger partial charge on any atom is 0.265 e. The van der Waals surface area contributed by atoms with Gasteiger partial charge in [-0.3, -0.25) is 10.2 Å². The predicted molar refractivity (Wildman–Crippen MR) is 80.8 cm³/mol. The van der Waals surface area contributed by atoms with Crippen LogP contribution in [0.25, 0.3) is 22.4 Å².